The third-order valence-corrected chi connectivity index (χ3v) is 5.39. The van der Waals surface area contributed by atoms with Crippen LogP contribution in [0.3, 0.4) is 0 Å². The largest absolute Gasteiger partial charge is 0.458 e. The van der Waals surface area contributed by atoms with E-state index in [9.17, 15) is 0 Å². The smallest absolute Gasteiger partial charge is 0.230 e. The van der Waals surface area contributed by atoms with Crippen LogP contribution in [0.1, 0.15) is 54.7 Å². The first-order valence-electron chi connectivity index (χ1n) is 10.4. The zero-order valence-electron chi connectivity index (χ0n) is 16.6. The summed E-state index contributed by atoms with van der Waals surface area (Å²) in [7, 11) is 0. The van der Waals surface area contributed by atoms with Crippen LogP contribution in [0.25, 0.3) is 0 Å². The molecule has 3 aromatic carbocycles. The summed E-state index contributed by atoms with van der Waals surface area (Å²) >= 11 is 0. The van der Waals surface area contributed by atoms with E-state index in [0.29, 0.717) is 0 Å². The SMILES string of the molecule is C(#Cc1ccc(C2CCCCC2)cc1)c1ccc(OCOc2ccccc2)cc1. The molecule has 2 heteroatoms. The monoisotopic (exact) mass is 382 g/mol. The van der Waals surface area contributed by atoms with Gasteiger partial charge in [-0.1, -0.05) is 61.4 Å². The van der Waals surface area contributed by atoms with E-state index in [2.05, 4.69) is 36.1 Å². The first-order valence-corrected chi connectivity index (χ1v) is 10.4. The van der Waals surface area contributed by atoms with Crippen LogP contribution in [0.5, 0.6) is 11.5 Å². The van der Waals surface area contributed by atoms with Crippen molar-refractivity contribution in [2.24, 2.45) is 0 Å². The Kier molecular flexibility index (Phi) is 6.50. The molecule has 0 aliphatic heterocycles. The minimum absolute atomic E-state index is 0.183. The van der Waals surface area contributed by atoms with Gasteiger partial charge in [-0.3, -0.25) is 0 Å². The summed E-state index contributed by atoms with van der Waals surface area (Å²) < 4.78 is 11.2. The molecule has 0 spiro atoms. The second-order valence-electron chi connectivity index (χ2n) is 7.45. The van der Waals surface area contributed by atoms with E-state index in [4.69, 9.17) is 9.47 Å². The lowest BCUT2D eigenvalue weighted by molar-refractivity contribution is 0.120. The van der Waals surface area contributed by atoms with Crippen molar-refractivity contribution >= 4 is 0 Å². The van der Waals surface area contributed by atoms with Crippen LogP contribution in [-0.4, -0.2) is 6.79 Å². The van der Waals surface area contributed by atoms with Crippen molar-refractivity contribution in [1.82, 2.24) is 0 Å². The zero-order valence-corrected chi connectivity index (χ0v) is 16.6. The minimum atomic E-state index is 0.183. The molecule has 0 saturated heterocycles. The highest BCUT2D eigenvalue weighted by molar-refractivity contribution is 5.45. The van der Waals surface area contributed by atoms with Crippen LogP contribution in [0.15, 0.2) is 78.9 Å². The molecule has 0 amide bonds. The summed E-state index contributed by atoms with van der Waals surface area (Å²) in [6.45, 7) is 0.183. The van der Waals surface area contributed by atoms with Crippen molar-refractivity contribution in [2.45, 2.75) is 38.0 Å². The molecule has 0 radical (unpaired) electrons. The maximum Gasteiger partial charge on any atom is 0.230 e. The van der Waals surface area contributed by atoms with E-state index < -0.39 is 0 Å². The molecule has 3 aromatic rings. The number of rotatable bonds is 5. The number of hydrogen-bond donors (Lipinski definition) is 0. The molecule has 0 aromatic heterocycles. The van der Waals surface area contributed by atoms with Gasteiger partial charge in [0.25, 0.3) is 0 Å². The molecule has 1 aliphatic rings. The third kappa shape index (κ3) is 5.65. The summed E-state index contributed by atoms with van der Waals surface area (Å²) in [5, 5.41) is 0. The van der Waals surface area contributed by atoms with Gasteiger partial charge in [0.1, 0.15) is 11.5 Å². The highest BCUT2D eigenvalue weighted by atomic mass is 16.7. The van der Waals surface area contributed by atoms with Crippen molar-refractivity contribution in [3.8, 4) is 23.3 Å². The predicted octanol–water partition coefficient (Wildman–Crippen LogP) is 6.55. The zero-order chi connectivity index (χ0) is 19.7. The predicted molar refractivity (Wildman–Crippen MR) is 117 cm³/mol. The molecule has 0 atom stereocenters. The Balaban J connectivity index is 1.30. The van der Waals surface area contributed by atoms with E-state index in [1.807, 2.05) is 54.6 Å². The minimum Gasteiger partial charge on any atom is -0.458 e. The van der Waals surface area contributed by atoms with Gasteiger partial charge in [0.15, 0.2) is 0 Å². The molecule has 0 N–H and O–H groups in total. The summed E-state index contributed by atoms with van der Waals surface area (Å²) in [4.78, 5) is 0. The molecule has 0 heterocycles. The lowest BCUT2D eigenvalue weighted by Gasteiger charge is -2.21. The Labute approximate surface area is 173 Å². The molecule has 4 rings (SSSR count). The van der Waals surface area contributed by atoms with Gasteiger partial charge >= 0.3 is 0 Å². The van der Waals surface area contributed by atoms with Crippen LogP contribution in [0.2, 0.25) is 0 Å². The van der Waals surface area contributed by atoms with E-state index >= 15 is 0 Å². The Bertz CT molecular complexity index is 941. The molecule has 1 aliphatic carbocycles. The molecule has 29 heavy (non-hydrogen) atoms. The summed E-state index contributed by atoms with van der Waals surface area (Å²) in [6, 6.07) is 26.2. The van der Waals surface area contributed by atoms with Crippen molar-refractivity contribution < 1.29 is 9.47 Å². The summed E-state index contributed by atoms with van der Waals surface area (Å²) in [6.07, 6.45) is 6.78. The molecule has 1 fully saturated rings. The van der Waals surface area contributed by atoms with Crippen LogP contribution < -0.4 is 9.47 Å². The molecule has 0 unspecified atom stereocenters. The fourth-order valence-corrected chi connectivity index (χ4v) is 3.74. The summed E-state index contributed by atoms with van der Waals surface area (Å²) in [5.74, 6) is 8.79. The highest BCUT2D eigenvalue weighted by Crippen LogP contribution is 2.32. The highest BCUT2D eigenvalue weighted by Gasteiger charge is 2.14. The van der Waals surface area contributed by atoms with Crippen LogP contribution in [-0.2, 0) is 0 Å². The van der Waals surface area contributed by atoms with Gasteiger partial charge < -0.3 is 9.47 Å². The molecule has 2 nitrogen and oxygen atoms in total. The van der Waals surface area contributed by atoms with Gasteiger partial charge in [0.2, 0.25) is 6.79 Å². The van der Waals surface area contributed by atoms with Gasteiger partial charge in [-0.05, 0) is 72.9 Å². The van der Waals surface area contributed by atoms with Crippen LogP contribution in [0, 0.1) is 11.8 Å². The standard InChI is InChI=1S/C27H26O2/c1-3-7-24(8-4-1)25-17-13-22(14-18-25)11-12-23-15-19-27(20-16-23)29-21-28-26-9-5-2-6-10-26/h2,5-6,9-10,13-20,24H,1,3-4,7-8,21H2. The maximum atomic E-state index is 5.63. The number of ether oxygens (including phenoxy) is 2. The van der Waals surface area contributed by atoms with Crippen LogP contribution >= 0.6 is 0 Å². The van der Waals surface area contributed by atoms with Crippen LogP contribution in [0.4, 0.5) is 0 Å². The lowest BCUT2D eigenvalue weighted by atomic mass is 9.84. The lowest BCUT2D eigenvalue weighted by Crippen LogP contribution is -2.05. The van der Waals surface area contributed by atoms with Gasteiger partial charge in [0, 0.05) is 11.1 Å². The Hall–Kier alpha value is -3.18. The van der Waals surface area contributed by atoms with Gasteiger partial charge in [-0.25, -0.2) is 0 Å². The third-order valence-electron chi connectivity index (χ3n) is 5.39. The maximum absolute atomic E-state index is 5.63. The Morgan fingerprint density at radius 3 is 1.79 bits per heavy atom. The van der Waals surface area contributed by atoms with Crippen molar-refractivity contribution in [3.05, 3.63) is 95.6 Å². The topological polar surface area (TPSA) is 18.5 Å². The van der Waals surface area contributed by atoms with E-state index in [-0.39, 0.29) is 6.79 Å². The first kappa shape index (κ1) is 19.2. The van der Waals surface area contributed by atoms with Gasteiger partial charge in [-0.2, -0.15) is 0 Å². The normalized spacial score (nSPS) is 13.9. The number of hydrogen-bond acceptors (Lipinski definition) is 2. The fraction of sp³-hybridized carbons (Fsp3) is 0.259. The number of benzene rings is 3. The quantitative estimate of drug-likeness (QED) is 0.368. The van der Waals surface area contributed by atoms with Gasteiger partial charge in [-0.15, -0.1) is 0 Å². The molecule has 1 saturated carbocycles. The molecule has 146 valence electrons. The first-order chi connectivity index (χ1) is 14.4. The van der Waals surface area contributed by atoms with Crippen molar-refractivity contribution in [2.75, 3.05) is 6.79 Å². The van der Waals surface area contributed by atoms with Crippen molar-refractivity contribution in [3.63, 3.8) is 0 Å². The van der Waals surface area contributed by atoms with E-state index in [1.165, 1.54) is 37.7 Å². The second-order valence-corrected chi connectivity index (χ2v) is 7.45. The summed E-state index contributed by atoms with van der Waals surface area (Å²) in [5.41, 5.74) is 3.49. The van der Waals surface area contributed by atoms with E-state index in [0.717, 1.165) is 28.5 Å². The van der Waals surface area contributed by atoms with Crippen molar-refractivity contribution in [1.29, 1.82) is 0 Å². The van der Waals surface area contributed by atoms with Gasteiger partial charge in [0.05, 0.1) is 0 Å². The average molecular weight is 383 g/mol. The average Bonchev–Trinajstić information content (AvgIpc) is 2.80. The second kappa shape index (κ2) is 9.85. The van der Waals surface area contributed by atoms with E-state index in [1.54, 1.807) is 0 Å². The Morgan fingerprint density at radius 1 is 0.621 bits per heavy atom. The Morgan fingerprint density at radius 2 is 1.17 bits per heavy atom. The number of para-hydroxylation sites is 1. The fourth-order valence-electron chi connectivity index (χ4n) is 3.74. The molecular formula is C27H26O2. The molecule has 0 bridgehead atoms. The molecular weight excluding hydrogens is 356 g/mol.